The Kier molecular flexibility index (Phi) is 4.92. The number of rotatable bonds is 3. The first-order valence-electron chi connectivity index (χ1n) is 6.99. The number of carbonyl (C=O) groups is 1. The van der Waals surface area contributed by atoms with Crippen LogP contribution in [-0.4, -0.2) is 17.2 Å². The van der Waals surface area contributed by atoms with Crippen LogP contribution in [0.1, 0.15) is 32.6 Å². The van der Waals surface area contributed by atoms with E-state index in [2.05, 4.69) is 10.5 Å². The van der Waals surface area contributed by atoms with E-state index in [0.717, 1.165) is 18.2 Å². The molecule has 0 heterocycles. The molecule has 0 aliphatic carbocycles. The van der Waals surface area contributed by atoms with Gasteiger partial charge in [0.2, 0.25) is 0 Å². The highest BCUT2D eigenvalue weighted by Gasteiger charge is 2.30. The number of hydrogen-bond acceptors (Lipinski definition) is 3. The van der Waals surface area contributed by atoms with Gasteiger partial charge in [0.25, 0.3) is 5.91 Å². The average Bonchev–Trinajstić information content (AvgIpc) is 2.51. The molecule has 2 rings (SSSR count). The Labute approximate surface area is 136 Å². The molecule has 2 aromatic rings. The lowest BCUT2D eigenvalue weighted by Crippen LogP contribution is -2.18. The second-order valence-electron chi connectivity index (χ2n) is 5.28. The summed E-state index contributed by atoms with van der Waals surface area (Å²) >= 11 is 0. The van der Waals surface area contributed by atoms with E-state index in [0.29, 0.717) is 16.7 Å². The molecule has 0 aliphatic heterocycles. The molecule has 0 fully saturated rings. The summed E-state index contributed by atoms with van der Waals surface area (Å²) in [6, 6.07) is 7.43. The molecule has 0 radical (unpaired) electrons. The maximum Gasteiger partial charge on any atom is 0.416 e. The van der Waals surface area contributed by atoms with E-state index >= 15 is 0 Å². The number of nitrogens with one attached hydrogen (secondary N) is 1. The van der Waals surface area contributed by atoms with Gasteiger partial charge in [0, 0.05) is 5.56 Å². The average molecular weight is 336 g/mol. The van der Waals surface area contributed by atoms with Gasteiger partial charge in [0.05, 0.1) is 11.8 Å². The summed E-state index contributed by atoms with van der Waals surface area (Å²) in [6.07, 6.45) is -3.16. The van der Waals surface area contributed by atoms with Crippen LogP contribution in [-0.2, 0) is 6.18 Å². The first-order valence-corrected chi connectivity index (χ1v) is 6.99. The zero-order valence-corrected chi connectivity index (χ0v) is 13.0. The third kappa shape index (κ3) is 4.13. The van der Waals surface area contributed by atoms with Gasteiger partial charge in [-0.05, 0) is 60.9 Å². The highest BCUT2D eigenvalue weighted by Crippen LogP contribution is 2.29. The molecule has 0 atom stereocenters. The van der Waals surface area contributed by atoms with Crippen molar-refractivity contribution < 1.29 is 23.1 Å². The number of aryl methyl sites for hydroxylation is 2. The van der Waals surface area contributed by atoms with Crippen molar-refractivity contribution in [2.45, 2.75) is 20.0 Å². The maximum atomic E-state index is 12.6. The zero-order chi connectivity index (χ0) is 17.9. The van der Waals surface area contributed by atoms with Gasteiger partial charge in [0.1, 0.15) is 5.75 Å². The smallest absolute Gasteiger partial charge is 0.416 e. The maximum absolute atomic E-state index is 12.6. The summed E-state index contributed by atoms with van der Waals surface area (Å²) in [5.41, 5.74) is 3.09. The van der Waals surface area contributed by atoms with Crippen molar-refractivity contribution in [1.29, 1.82) is 0 Å². The predicted octanol–water partition coefficient (Wildman–Crippen LogP) is 3.79. The SMILES string of the molecule is Cc1cc(C=NNC(=O)c2cccc(C(F)(F)F)c2)cc(C)c1O. The molecule has 2 N–H and O–H groups in total. The van der Waals surface area contributed by atoms with Crippen molar-refractivity contribution in [3.05, 3.63) is 64.2 Å². The molecule has 0 spiro atoms. The van der Waals surface area contributed by atoms with Crippen LogP contribution in [0.5, 0.6) is 5.75 Å². The van der Waals surface area contributed by atoms with Gasteiger partial charge in [-0.3, -0.25) is 4.79 Å². The fourth-order valence-electron chi connectivity index (χ4n) is 2.13. The number of aromatic hydroxyl groups is 1. The summed E-state index contributed by atoms with van der Waals surface area (Å²) in [7, 11) is 0. The number of alkyl halides is 3. The summed E-state index contributed by atoms with van der Waals surface area (Å²) in [6.45, 7) is 3.45. The van der Waals surface area contributed by atoms with Crippen molar-refractivity contribution in [2.75, 3.05) is 0 Å². The quantitative estimate of drug-likeness (QED) is 0.662. The van der Waals surface area contributed by atoms with Crippen molar-refractivity contribution in [2.24, 2.45) is 5.10 Å². The lowest BCUT2D eigenvalue weighted by Gasteiger charge is -2.07. The van der Waals surface area contributed by atoms with Crippen LogP contribution in [0, 0.1) is 13.8 Å². The molecule has 7 heteroatoms. The molecule has 24 heavy (non-hydrogen) atoms. The highest BCUT2D eigenvalue weighted by molar-refractivity contribution is 5.95. The minimum atomic E-state index is -4.51. The van der Waals surface area contributed by atoms with Gasteiger partial charge >= 0.3 is 6.18 Å². The summed E-state index contributed by atoms with van der Waals surface area (Å²) in [5, 5.41) is 13.4. The van der Waals surface area contributed by atoms with Crippen molar-refractivity contribution in [1.82, 2.24) is 5.43 Å². The van der Waals surface area contributed by atoms with Crippen molar-refractivity contribution in [3.8, 4) is 5.75 Å². The number of amides is 1. The van der Waals surface area contributed by atoms with E-state index in [9.17, 15) is 23.1 Å². The first kappa shape index (κ1) is 17.5. The number of hydrogen-bond donors (Lipinski definition) is 2. The molecule has 0 bridgehead atoms. The fourth-order valence-corrected chi connectivity index (χ4v) is 2.13. The van der Waals surface area contributed by atoms with Gasteiger partial charge in [-0.2, -0.15) is 18.3 Å². The number of phenolic OH excluding ortho intramolecular Hbond substituents is 1. The number of halogens is 3. The molecule has 1 amide bonds. The first-order chi connectivity index (χ1) is 11.2. The van der Waals surface area contributed by atoms with Gasteiger partial charge in [0.15, 0.2) is 0 Å². The molecule has 0 aliphatic rings. The van der Waals surface area contributed by atoms with E-state index in [1.165, 1.54) is 12.3 Å². The minimum absolute atomic E-state index is 0.139. The third-order valence-electron chi connectivity index (χ3n) is 3.35. The van der Waals surface area contributed by atoms with Crippen LogP contribution in [0.4, 0.5) is 13.2 Å². The topological polar surface area (TPSA) is 61.7 Å². The second kappa shape index (κ2) is 6.74. The summed E-state index contributed by atoms with van der Waals surface area (Å²) in [5.74, 6) is -0.565. The molecule has 0 aromatic heterocycles. The zero-order valence-electron chi connectivity index (χ0n) is 13.0. The Balaban J connectivity index is 2.11. The van der Waals surface area contributed by atoms with Gasteiger partial charge in [-0.15, -0.1) is 0 Å². The number of benzene rings is 2. The van der Waals surface area contributed by atoms with E-state index < -0.39 is 17.6 Å². The molecule has 0 saturated heterocycles. The molecule has 126 valence electrons. The van der Waals surface area contributed by atoms with Gasteiger partial charge < -0.3 is 5.11 Å². The van der Waals surface area contributed by atoms with Crippen LogP contribution >= 0.6 is 0 Å². The van der Waals surface area contributed by atoms with E-state index in [1.54, 1.807) is 26.0 Å². The van der Waals surface area contributed by atoms with Crippen LogP contribution in [0.15, 0.2) is 41.5 Å². The van der Waals surface area contributed by atoms with E-state index in [4.69, 9.17) is 0 Å². The monoisotopic (exact) mass is 336 g/mol. The number of carbonyl (C=O) groups excluding carboxylic acids is 1. The van der Waals surface area contributed by atoms with Crippen molar-refractivity contribution in [3.63, 3.8) is 0 Å². The van der Waals surface area contributed by atoms with Crippen LogP contribution in [0.25, 0.3) is 0 Å². The highest BCUT2D eigenvalue weighted by atomic mass is 19.4. The Morgan fingerprint density at radius 1 is 1.17 bits per heavy atom. The minimum Gasteiger partial charge on any atom is -0.507 e. The number of phenols is 1. The summed E-state index contributed by atoms with van der Waals surface area (Å²) in [4.78, 5) is 11.9. The predicted molar refractivity (Wildman–Crippen MR) is 84.1 cm³/mol. The molecule has 0 unspecified atom stereocenters. The number of nitrogens with zero attached hydrogens (tertiary/aromatic N) is 1. The largest absolute Gasteiger partial charge is 0.507 e. The van der Waals surface area contributed by atoms with Gasteiger partial charge in [-0.25, -0.2) is 5.43 Å². The Morgan fingerprint density at radius 3 is 2.38 bits per heavy atom. The van der Waals surface area contributed by atoms with E-state index in [-0.39, 0.29) is 11.3 Å². The lowest BCUT2D eigenvalue weighted by atomic mass is 10.1. The Morgan fingerprint density at radius 2 is 1.79 bits per heavy atom. The summed E-state index contributed by atoms with van der Waals surface area (Å²) < 4.78 is 37.9. The van der Waals surface area contributed by atoms with Crippen LogP contribution in [0.3, 0.4) is 0 Å². The van der Waals surface area contributed by atoms with Crippen molar-refractivity contribution >= 4 is 12.1 Å². The lowest BCUT2D eigenvalue weighted by molar-refractivity contribution is -0.137. The Hall–Kier alpha value is -2.83. The molecular formula is C17H15F3N2O2. The molecule has 4 nitrogen and oxygen atoms in total. The Bertz CT molecular complexity index is 776. The normalized spacial score (nSPS) is 11.7. The van der Waals surface area contributed by atoms with Crippen LogP contribution < -0.4 is 5.43 Å². The molecule has 0 saturated carbocycles. The third-order valence-corrected chi connectivity index (χ3v) is 3.35. The standard InChI is InChI=1S/C17H15F3N2O2/c1-10-6-12(7-11(2)15(10)23)9-21-22-16(24)13-4-3-5-14(8-13)17(18,19)20/h3-9,23H,1-2H3,(H,22,24). The van der Waals surface area contributed by atoms with E-state index in [1.807, 2.05) is 0 Å². The number of hydrazone groups is 1. The molecule has 2 aromatic carbocycles. The molecular weight excluding hydrogens is 321 g/mol. The van der Waals surface area contributed by atoms with Gasteiger partial charge in [-0.1, -0.05) is 6.07 Å². The van der Waals surface area contributed by atoms with Crippen LogP contribution in [0.2, 0.25) is 0 Å². The second-order valence-corrected chi connectivity index (χ2v) is 5.28. The fraction of sp³-hybridized carbons (Fsp3) is 0.176.